The molecule has 1 aromatic carbocycles. The molecule has 1 amide bonds. The minimum absolute atomic E-state index is 0.187. The molecule has 1 rings (SSSR count). The first kappa shape index (κ1) is 22.2. The van der Waals surface area contributed by atoms with Crippen molar-refractivity contribution < 1.29 is 9.53 Å². The van der Waals surface area contributed by atoms with E-state index in [0.29, 0.717) is 0 Å². The number of carbonyl (C=O) groups excluding carboxylic acids is 1. The molecule has 0 atom stereocenters. The van der Waals surface area contributed by atoms with Gasteiger partial charge in [0.25, 0.3) is 0 Å². The predicted octanol–water partition coefficient (Wildman–Crippen LogP) is 2.55. The quantitative estimate of drug-likeness (QED) is 0.605. The first-order valence-electron chi connectivity index (χ1n) is 6.25. The Morgan fingerprint density at radius 1 is 1.05 bits per heavy atom. The number of aliphatic imine (C=N–C) groups is 1. The van der Waals surface area contributed by atoms with Crippen molar-refractivity contribution in [3.8, 4) is 5.75 Å². The Hall–Kier alpha value is -2.04. The molecule has 0 unspecified atom stereocenters. The normalized spacial score (nSPS) is 7.05. The van der Waals surface area contributed by atoms with Crippen LogP contribution in [0.3, 0.4) is 0 Å². The second-order valence-corrected chi connectivity index (χ2v) is 2.57. The lowest BCUT2D eigenvalue weighted by Crippen LogP contribution is -2.23. The van der Waals surface area contributed by atoms with Gasteiger partial charge in [0.2, 0.25) is 5.91 Å². The zero-order valence-electron chi connectivity index (χ0n) is 12.8. The second-order valence-electron chi connectivity index (χ2n) is 2.57. The van der Waals surface area contributed by atoms with E-state index in [0.717, 1.165) is 5.75 Å². The third kappa shape index (κ3) is 21.7. The fraction of sp³-hybridized carbons (Fsp3) is 0.429. The van der Waals surface area contributed by atoms with Gasteiger partial charge in [-0.15, -0.1) is 0 Å². The Morgan fingerprint density at radius 2 is 1.47 bits per heavy atom. The maximum absolute atomic E-state index is 9.91. The number of hydrogen-bond donors (Lipinski definition) is 2. The molecule has 19 heavy (non-hydrogen) atoms. The van der Waals surface area contributed by atoms with Crippen molar-refractivity contribution in [3.63, 3.8) is 0 Å². The van der Waals surface area contributed by atoms with Gasteiger partial charge in [-0.25, -0.2) is 0 Å². The molecule has 0 aliphatic carbocycles. The minimum atomic E-state index is -0.375. The molecule has 0 saturated carbocycles. The lowest BCUT2D eigenvalue weighted by Gasteiger charge is -1.93. The highest BCUT2D eigenvalue weighted by molar-refractivity contribution is 5.90. The maximum atomic E-state index is 9.91. The molecule has 4 N–H and O–H groups in total. The monoisotopic (exact) mass is 269 g/mol. The van der Waals surface area contributed by atoms with E-state index < -0.39 is 0 Å². The number of carbonyl (C=O) groups is 1. The van der Waals surface area contributed by atoms with Crippen molar-refractivity contribution in [3.05, 3.63) is 30.3 Å². The highest BCUT2D eigenvalue weighted by Gasteiger charge is 1.82. The van der Waals surface area contributed by atoms with Crippen LogP contribution in [0.1, 0.15) is 34.6 Å². The molecule has 0 saturated heterocycles. The summed E-state index contributed by atoms with van der Waals surface area (Å²) >= 11 is 0. The van der Waals surface area contributed by atoms with Gasteiger partial charge >= 0.3 is 0 Å². The number of hydrogen-bond acceptors (Lipinski definition) is 2. The van der Waals surface area contributed by atoms with Gasteiger partial charge in [0.05, 0.1) is 7.11 Å². The summed E-state index contributed by atoms with van der Waals surface area (Å²) in [5, 5.41) is 0. The molecular weight excluding hydrogens is 242 g/mol. The zero-order valence-corrected chi connectivity index (χ0v) is 12.8. The Bertz CT molecular complexity index is 321. The summed E-state index contributed by atoms with van der Waals surface area (Å²) in [6.07, 6.45) is 0. The molecule has 0 spiro atoms. The molecule has 0 aliphatic heterocycles. The summed E-state index contributed by atoms with van der Waals surface area (Å²) in [5.41, 5.74) is 9.60. The lowest BCUT2D eigenvalue weighted by atomic mass is 10.3. The molecule has 110 valence electrons. The number of nitrogens with two attached hydrogens (primary N) is 2. The largest absolute Gasteiger partial charge is 0.497 e. The van der Waals surface area contributed by atoms with E-state index in [1.165, 1.54) is 6.92 Å². The number of guanidine groups is 1. The fourth-order valence-corrected chi connectivity index (χ4v) is 0.738. The van der Waals surface area contributed by atoms with Crippen molar-refractivity contribution in [1.82, 2.24) is 0 Å². The molecule has 1 aromatic rings. The van der Waals surface area contributed by atoms with Gasteiger partial charge in [0.15, 0.2) is 5.96 Å². The van der Waals surface area contributed by atoms with Crippen LogP contribution in [0.2, 0.25) is 0 Å². The first-order chi connectivity index (χ1) is 9.06. The summed E-state index contributed by atoms with van der Waals surface area (Å²) < 4.78 is 4.91. The minimum Gasteiger partial charge on any atom is -0.497 e. The molecule has 0 aliphatic rings. The molecule has 0 aromatic heterocycles. The first-order valence-corrected chi connectivity index (χ1v) is 6.25. The van der Waals surface area contributed by atoms with Gasteiger partial charge in [-0.2, -0.15) is 4.99 Å². The number of benzene rings is 1. The van der Waals surface area contributed by atoms with Gasteiger partial charge < -0.3 is 16.2 Å². The van der Waals surface area contributed by atoms with Crippen molar-refractivity contribution in [2.24, 2.45) is 16.5 Å². The molecule has 0 bridgehead atoms. The van der Waals surface area contributed by atoms with Gasteiger partial charge in [-0.1, -0.05) is 45.9 Å². The van der Waals surface area contributed by atoms with E-state index in [1.54, 1.807) is 7.11 Å². The number of methoxy groups -OCH3 is 1. The van der Waals surface area contributed by atoms with Crippen LogP contribution < -0.4 is 16.2 Å². The second kappa shape index (κ2) is 18.3. The van der Waals surface area contributed by atoms with E-state index in [4.69, 9.17) is 16.2 Å². The molecule has 5 heteroatoms. The van der Waals surface area contributed by atoms with Crippen LogP contribution in [0.25, 0.3) is 0 Å². The topological polar surface area (TPSA) is 90.7 Å². The lowest BCUT2D eigenvalue weighted by molar-refractivity contribution is -0.115. The van der Waals surface area contributed by atoms with Crippen LogP contribution in [0, 0.1) is 0 Å². The number of para-hydroxylation sites is 1. The Balaban J connectivity index is -0.000000215. The third-order valence-electron chi connectivity index (χ3n) is 1.27. The summed E-state index contributed by atoms with van der Waals surface area (Å²) in [6.45, 7) is 9.28. The Labute approximate surface area is 116 Å². The average Bonchev–Trinajstić information content (AvgIpc) is 2.43. The van der Waals surface area contributed by atoms with Crippen LogP contribution in [-0.2, 0) is 4.79 Å². The highest BCUT2D eigenvalue weighted by Crippen LogP contribution is 2.05. The van der Waals surface area contributed by atoms with Crippen LogP contribution in [0.5, 0.6) is 5.75 Å². The smallest absolute Gasteiger partial charge is 0.245 e. The molecule has 0 heterocycles. The van der Waals surface area contributed by atoms with Crippen LogP contribution in [0.4, 0.5) is 0 Å². The summed E-state index contributed by atoms with van der Waals surface area (Å²) in [4.78, 5) is 13.0. The van der Waals surface area contributed by atoms with E-state index >= 15 is 0 Å². The Morgan fingerprint density at radius 3 is 1.63 bits per heavy atom. The molecular formula is C14H27N3O2. The molecule has 0 fully saturated rings. The van der Waals surface area contributed by atoms with Crippen LogP contribution in [0.15, 0.2) is 35.3 Å². The van der Waals surface area contributed by atoms with E-state index in [-0.39, 0.29) is 11.9 Å². The van der Waals surface area contributed by atoms with Gasteiger partial charge in [-0.3, -0.25) is 4.79 Å². The number of ether oxygens (including phenoxy) is 1. The van der Waals surface area contributed by atoms with Gasteiger partial charge in [0.1, 0.15) is 5.75 Å². The number of rotatable bonds is 1. The molecule has 0 radical (unpaired) electrons. The maximum Gasteiger partial charge on any atom is 0.245 e. The van der Waals surface area contributed by atoms with E-state index in [9.17, 15) is 4.79 Å². The zero-order chi connectivity index (χ0) is 15.7. The molecule has 5 nitrogen and oxygen atoms in total. The van der Waals surface area contributed by atoms with Gasteiger partial charge in [0, 0.05) is 6.92 Å². The van der Waals surface area contributed by atoms with Crippen LogP contribution in [-0.4, -0.2) is 19.0 Å². The SMILES string of the molecule is CC.CC.CC(=O)N=C(N)N.COc1ccccc1. The fourth-order valence-electron chi connectivity index (χ4n) is 0.738. The number of nitrogens with zero attached hydrogens (tertiary/aromatic N) is 1. The third-order valence-corrected chi connectivity index (χ3v) is 1.27. The standard InChI is InChI=1S/C7H8O.C3H7N3O.2C2H6/c1-8-7-5-3-2-4-6-7;1-2(7)6-3(4)5;2*1-2/h2-6H,1H3;1H3,(H4,4,5,6,7);2*1-2H3. The van der Waals surface area contributed by atoms with E-state index in [2.05, 4.69) is 4.99 Å². The van der Waals surface area contributed by atoms with Crippen LogP contribution >= 0.6 is 0 Å². The summed E-state index contributed by atoms with van der Waals surface area (Å²) in [5.74, 6) is 0.347. The summed E-state index contributed by atoms with van der Waals surface area (Å²) in [6, 6.07) is 9.68. The predicted molar refractivity (Wildman–Crippen MR) is 82.2 cm³/mol. The Kier molecular flexibility index (Phi) is 21.4. The van der Waals surface area contributed by atoms with Crippen molar-refractivity contribution in [2.75, 3.05) is 7.11 Å². The van der Waals surface area contributed by atoms with E-state index in [1.807, 2.05) is 58.0 Å². The number of amides is 1. The summed E-state index contributed by atoms with van der Waals surface area (Å²) in [7, 11) is 1.66. The average molecular weight is 269 g/mol. The van der Waals surface area contributed by atoms with Gasteiger partial charge in [-0.05, 0) is 12.1 Å². The van der Waals surface area contributed by atoms with Crippen molar-refractivity contribution >= 4 is 11.9 Å². The highest BCUT2D eigenvalue weighted by atomic mass is 16.5. The van der Waals surface area contributed by atoms with Crippen molar-refractivity contribution in [2.45, 2.75) is 34.6 Å². The van der Waals surface area contributed by atoms with Crippen molar-refractivity contribution in [1.29, 1.82) is 0 Å².